The van der Waals surface area contributed by atoms with Crippen LogP contribution in [0, 0.1) is 11.7 Å². The lowest BCUT2D eigenvalue weighted by Crippen LogP contribution is -2.71. The van der Waals surface area contributed by atoms with Gasteiger partial charge in [-0.3, -0.25) is 9.69 Å². The molecule has 0 amide bonds. The monoisotopic (exact) mass is 416 g/mol. The number of halogens is 1. The van der Waals surface area contributed by atoms with Crippen LogP contribution in [-0.4, -0.2) is 30.5 Å². The second kappa shape index (κ2) is 7.18. The van der Waals surface area contributed by atoms with E-state index < -0.39 is 23.7 Å². The third kappa shape index (κ3) is 3.07. The molecular weight excluding hydrogens is 395 g/mol. The number of hydrogen-bond acceptors (Lipinski definition) is 5. The van der Waals surface area contributed by atoms with Crippen molar-refractivity contribution >= 4 is 29.0 Å². The summed E-state index contributed by atoms with van der Waals surface area (Å²) >= 11 is 5.62. The molecule has 152 valence electrons. The molecule has 2 heterocycles. The van der Waals surface area contributed by atoms with Gasteiger partial charge in [0.05, 0.1) is 19.8 Å². The number of anilines is 1. The first-order chi connectivity index (χ1) is 13.9. The molecular formula is C21H21FN2O4S. The molecule has 6 nitrogen and oxygen atoms in total. The number of benzene rings is 2. The molecule has 2 aliphatic rings. The highest BCUT2D eigenvalue weighted by Crippen LogP contribution is 2.50. The Bertz CT molecular complexity index is 968. The van der Waals surface area contributed by atoms with Crippen LogP contribution in [0.2, 0.25) is 0 Å². The van der Waals surface area contributed by atoms with E-state index in [9.17, 15) is 9.18 Å². The van der Waals surface area contributed by atoms with Crippen LogP contribution in [0.15, 0.2) is 42.5 Å². The molecule has 1 N–H and O–H groups in total. The summed E-state index contributed by atoms with van der Waals surface area (Å²) in [6.07, 6.45) is 0. The topological polar surface area (TPSA) is 60.0 Å². The Morgan fingerprint density at radius 2 is 2.03 bits per heavy atom. The standard InChI is InChI=1S/C21H21FN2O4S/c1-4-27-19(25)17-18-15-11-14(26-3)9-10-16(15)28-21(17,2)24(20(29)23-18)13-7-5-12(22)6-8-13/h5-11,17-18H,4H2,1-3H3,(H,23,29). The van der Waals surface area contributed by atoms with Crippen molar-refractivity contribution in [3.8, 4) is 11.5 Å². The first kappa shape index (κ1) is 19.4. The van der Waals surface area contributed by atoms with Crippen LogP contribution in [0.4, 0.5) is 10.1 Å². The minimum absolute atomic E-state index is 0.240. The van der Waals surface area contributed by atoms with Crippen molar-refractivity contribution in [1.82, 2.24) is 5.32 Å². The zero-order chi connectivity index (χ0) is 20.8. The van der Waals surface area contributed by atoms with Crippen molar-refractivity contribution in [2.75, 3.05) is 18.6 Å². The smallest absolute Gasteiger partial charge is 0.317 e. The maximum atomic E-state index is 13.5. The van der Waals surface area contributed by atoms with E-state index in [1.54, 1.807) is 50.1 Å². The van der Waals surface area contributed by atoms with Crippen LogP contribution in [0.3, 0.4) is 0 Å². The van der Waals surface area contributed by atoms with Crippen molar-refractivity contribution in [2.45, 2.75) is 25.6 Å². The number of carbonyl (C=O) groups is 1. The third-order valence-electron chi connectivity index (χ3n) is 5.33. The summed E-state index contributed by atoms with van der Waals surface area (Å²) in [6, 6.07) is 10.9. The van der Waals surface area contributed by atoms with Gasteiger partial charge in [0, 0.05) is 11.3 Å². The van der Waals surface area contributed by atoms with Crippen LogP contribution in [-0.2, 0) is 9.53 Å². The van der Waals surface area contributed by atoms with Gasteiger partial charge in [-0.05, 0) is 68.5 Å². The predicted octanol–water partition coefficient (Wildman–Crippen LogP) is 3.56. The van der Waals surface area contributed by atoms with E-state index >= 15 is 0 Å². The Labute approximate surface area is 173 Å². The molecule has 3 unspecified atom stereocenters. The summed E-state index contributed by atoms with van der Waals surface area (Å²) in [7, 11) is 1.58. The van der Waals surface area contributed by atoms with E-state index in [-0.39, 0.29) is 12.4 Å². The molecule has 4 rings (SSSR count). The molecule has 2 aromatic rings. The largest absolute Gasteiger partial charge is 0.497 e. The van der Waals surface area contributed by atoms with E-state index in [1.807, 2.05) is 6.07 Å². The van der Waals surface area contributed by atoms with Gasteiger partial charge in [0.25, 0.3) is 0 Å². The van der Waals surface area contributed by atoms with Crippen LogP contribution in [0.1, 0.15) is 25.5 Å². The number of rotatable bonds is 4. The zero-order valence-corrected chi connectivity index (χ0v) is 17.1. The van der Waals surface area contributed by atoms with Gasteiger partial charge in [-0.25, -0.2) is 4.39 Å². The Morgan fingerprint density at radius 1 is 1.31 bits per heavy atom. The van der Waals surface area contributed by atoms with Gasteiger partial charge in [0.2, 0.25) is 5.72 Å². The second-order valence-electron chi connectivity index (χ2n) is 7.03. The highest BCUT2D eigenvalue weighted by molar-refractivity contribution is 7.80. The van der Waals surface area contributed by atoms with Crippen molar-refractivity contribution < 1.29 is 23.4 Å². The summed E-state index contributed by atoms with van der Waals surface area (Å²) in [5.74, 6) is -0.237. The predicted molar refractivity (Wildman–Crippen MR) is 110 cm³/mol. The van der Waals surface area contributed by atoms with Crippen LogP contribution in [0.25, 0.3) is 0 Å². The molecule has 0 aromatic heterocycles. The normalized spacial score (nSPS) is 24.8. The van der Waals surface area contributed by atoms with Crippen LogP contribution >= 0.6 is 12.2 Å². The molecule has 2 bridgehead atoms. The molecule has 2 aliphatic heterocycles. The lowest BCUT2D eigenvalue weighted by molar-refractivity contribution is -0.159. The van der Waals surface area contributed by atoms with Crippen molar-refractivity contribution in [3.63, 3.8) is 0 Å². The summed E-state index contributed by atoms with van der Waals surface area (Å²) in [6.45, 7) is 3.79. The highest BCUT2D eigenvalue weighted by Gasteiger charge is 2.59. The Kier molecular flexibility index (Phi) is 4.82. The molecule has 0 spiro atoms. The van der Waals surface area contributed by atoms with Gasteiger partial charge in [-0.1, -0.05) is 0 Å². The number of esters is 1. The average molecular weight is 416 g/mol. The van der Waals surface area contributed by atoms with E-state index in [4.69, 9.17) is 26.4 Å². The van der Waals surface area contributed by atoms with E-state index in [2.05, 4.69) is 5.32 Å². The molecule has 1 fully saturated rings. The van der Waals surface area contributed by atoms with Gasteiger partial charge >= 0.3 is 5.97 Å². The first-order valence-corrected chi connectivity index (χ1v) is 9.69. The molecule has 3 atom stereocenters. The SMILES string of the molecule is CCOC(=O)C1C2NC(=S)N(c3ccc(F)cc3)C1(C)Oc1ccc(OC)cc12. The fraction of sp³-hybridized carbons (Fsp3) is 0.333. The summed E-state index contributed by atoms with van der Waals surface area (Å²) in [5, 5.41) is 3.63. The first-order valence-electron chi connectivity index (χ1n) is 9.29. The van der Waals surface area contributed by atoms with E-state index in [0.29, 0.717) is 22.3 Å². The minimum Gasteiger partial charge on any atom is -0.497 e. The van der Waals surface area contributed by atoms with Gasteiger partial charge in [0.15, 0.2) is 5.11 Å². The highest BCUT2D eigenvalue weighted by atomic mass is 32.1. The second-order valence-corrected chi connectivity index (χ2v) is 7.42. The molecule has 29 heavy (non-hydrogen) atoms. The Hall–Kier alpha value is -2.87. The van der Waals surface area contributed by atoms with E-state index in [1.165, 1.54) is 12.1 Å². The molecule has 0 aliphatic carbocycles. The van der Waals surface area contributed by atoms with Gasteiger partial charge in [0.1, 0.15) is 23.2 Å². The van der Waals surface area contributed by atoms with Crippen LogP contribution < -0.4 is 19.7 Å². The fourth-order valence-corrected chi connectivity index (χ4v) is 4.47. The van der Waals surface area contributed by atoms with Crippen LogP contribution in [0.5, 0.6) is 11.5 Å². The zero-order valence-electron chi connectivity index (χ0n) is 16.3. The fourth-order valence-electron chi connectivity index (χ4n) is 4.06. The molecule has 1 saturated heterocycles. The molecule has 0 saturated carbocycles. The number of carbonyl (C=O) groups excluding carboxylic acids is 1. The van der Waals surface area contributed by atoms with Gasteiger partial charge in [-0.15, -0.1) is 0 Å². The number of thiocarbonyl (C=S) groups is 1. The van der Waals surface area contributed by atoms with Gasteiger partial charge in [-0.2, -0.15) is 0 Å². The summed E-state index contributed by atoms with van der Waals surface area (Å²) in [4.78, 5) is 14.7. The van der Waals surface area contributed by atoms with Crippen molar-refractivity contribution in [1.29, 1.82) is 0 Å². The number of nitrogens with one attached hydrogen (secondary N) is 1. The number of hydrogen-bond donors (Lipinski definition) is 1. The van der Waals surface area contributed by atoms with E-state index in [0.717, 1.165) is 5.56 Å². The number of methoxy groups -OCH3 is 1. The third-order valence-corrected chi connectivity index (χ3v) is 5.63. The maximum absolute atomic E-state index is 13.5. The Morgan fingerprint density at radius 3 is 2.69 bits per heavy atom. The molecule has 8 heteroatoms. The molecule has 2 aromatic carbocycles. The summed E-state index contributed by atoms with van der Waals surface area (Å²) < 4.78 is 30.6. The quantitative estimate of drug-likeness (QED) is 0.604. The van der Waals surface area contributed by atoms with Crippen molar-refractivity contribution in [2.24, 2.45) is 5.92 Å². The lowest BCUT2D eigenvalue weighted by atomic mass is 9.79. The van der Waals surface area contributed by atoms with Gasteiger partial charge < -0.3 is 19.5 Å². The average Bonchev–Trinajstić information content (AvgIpc) is 2.68. The Balaban J connectivity index is 1.88. The molecule has 0 radical (unpaired) electrons. The number of ether oxygens (including phenoxy) is 3. The number of nitrogens with zero attached hydrogens (tertiary/aromatic N) is 1. The van der Waals surface area contributed by atoms with Crippen molar-refractivity contribution in [3.05, 3.63) is 53.8 Å². The summed E-state index contributed by atoms with van der Waals surface area (Å²) in [5.41, 5.74) is 0.204. The maximum Gasteiger partial charge on any atom is 0.317 e. The number of fused-ring (bicyclic) bond motifs is 4. The lowest BCUT2D eigenvalue weighted by Gasteiger charge is -2.55. The minimum atomic E-state index is -1.17.